The molecule has 0 fully saturated rings. The fourth-order valence-electron chi connectivity index (χ4n) is 3.10. The molecule has 0 saturated carbocycles. The highest BCUT2D eigenvalue weighted by atomic mass is 16.1. The maximum Gasteiger partial charge on any atom is 0.263 e. The fourth-order valence-corrected chi connectivity index (χ4v) is 3.10. The number of amides is 1. The van der Waals surface area contributed by atoms with Gasteiger partial charge >= 0.3 is 0 Å². The number of hydrogen-bond acceptors (Lipinski definition) is 5. The van der Waals surface area contributed by atoms with E-state index in [1.807, 2.05) is 13.8 Å². The van der Waals surface area contributed by atoms with Crippen molar-refractivity contribution in [2.45, 2.75) is 45.8 Å². The number of anilines is 1. The van der Waals surface area contributed by atoms with Gasteiger partial charge in [-0.1, -0.05) is 0 Å². The van der Waals surface area contributed by atoms with Crippen LogP contribution in [0.15, 0.2) is 29.1 Å². The van der Waals surface area contributed by atoms with Crippen LogP contribution in [-0.2, 0) is 13.0 Å². The molecule has 1 aromatic carbocycles. The summed E-state index contributed by atoms with van der Waals surface area (Å²) in [5, 5.41) is 9.21. The number of fused-ring (bicyclic) bond motifs is 1. The largest absolute Gasteiger partial charge is 0.355 e. The third-order valence-electron chi connectivity index (χ3n) is 4.42. The molecule has 0 bridgehead atoms. The number of benzene rings is 1. The Balaban J connectivity index is 2.13. The zero-order chi connectivity index (χ0) is 18.8. The molecule has 2 heterocycles. The van der Waals surface area contributed by atoms with E-state index in [0.29, 0.717) is 30.2 Å². The van der Waals surface area contributed by atoms with Gasteiger partial charge in [-0.2, -0.15) is 0 Å². The van der Waals surface area contributed by atoms with Gasteiger partial charge in [-0.25, -0.2) is 9.55 Å². The summed E-state index contributed by atoms with van der Waals surface area (Å²) in [4.78, 5) is 29.7. The third-order valence-corrected chi connectivity index (χ3v) is 4.42. The van der Waals surface area contributed by atoms with Crippen LogP contribution in [0.1, 0.15) is 42.4 Å². The van der Waals surface area contributed by atoms with E-state index < -0.39 is 0 Å². The average molecular weight is 355 g/mol. The summed E-state index contributed by atoms with van der Waals surface area (Å²) >= 11 is 0. The van der Waals surface area contributed by atoms with E-state index in [-0.39, 0.29) is 23.6 Å². The van der Waals surface area contributed by atoms with Crippen molar-refractivity contribution in [3.8, 4) is 5.69 Å². The van der Waals surface area contributed by atoms with Gasteiger partial charge in [-0.3, -0.25) is 9.59 Å². The number of carbonyl (C=O) groups is 1. The number of nitrogens with one attached hydrogen (secondary N) is 3. The van der Waals surface area contributed by atoms with Gasteiger partial charge in [0.05, 0.1) is 11.4 Å². The van der Waals surface area contributed by atoms with Crippen LogP contribution in [0.2, 0.25) is 0 Å². The van der Waals surface area contributed by atoms with Gasteiger partial charge in [0.1, 0.15) is 0 Å². The van der Waals surface area contributed by atoms with E-state index in [1.165, 1.54) is 0 Å². The van der Waals surface area contributed by atoms with Gasteiger partial charge < -0.3 is 16.0 Å². The molecule has 138 valence electrons. The minimum absolute atomic E-state index is 0.0563. The second-order valence-electron chi connectivity index (χ2n) is 6.91. The van der Waals surface area contributed by atoms with E-state index in [1.54, 1.807) is 35.9 Å². The summed E-state index contributed by atoms with van der Waals surface area (Å²) in [7, 11) is 1.59. The van der Waals surface area contributed by atoms with Crippen LogP contribution in [0, 0.1) is 0 Å². The maximum atomic E-state index is 13.2. The minimum atomic E-state index is -0.159. The van der Waals surface area contributed by atoms with Crippen LogP contribution >= 0.6 is 0 Å². The van der Waals surface area contributed by atoms with Gasteiger partial charge in [-0.05, 0) is 51.5 Å². The number of carbonyl (C=O) groups excluding carboxylic acids is 1. The molecule has 1 atom stereocenters. The molecule has 7 heteroatoms. The van der Waals surface area contributed by atoms with Gasteiger partial charge in [0.2, 0.25) is 5.95 Å². The van der Waals surface area contributed by atoms with Crippen molar-refractivity contribution in [3.63, 3.8) is 0 Å². The second-order valence-corrected chi connectivity index (χ2v) is 6.91. The third kappa shape index (κ3) is 3.48. The van der Waals surface area contributed by atoms with Crippen LogP contribution in [0.25, 0.3) is 5.69 Å². The Morgan fingerprint density at radius 2 is 2.00 bits per heavy atom. The fraction of sp³-hybridized carbons (Fsp3) is 0.421. The van der Waals surface area contributed by atoms with E-state index in [0.717, 1.165) is 11.3 Å². The number of rotatable bonds is 4. The molecule has 1 amide bonds. The van der Waals surface area contributed by atoms with Crippen molar-refractivity contribution >= 4 is 11.9 Å². The van der Waals surface area contributed by atoms with E-state index in [9.17, 15) is 9.59 Å². The van der Waals surface area contributed by atoms with Crippen molar-refractivity contribution < 1.29 is 4.79 Å². The molecule has 26 heavy (non-hydrogen) atoms. The molecule has 7 nitrogen and oxygen atoms in total. The van der Waals surface area contributed by atoms with Gasteiger partial charge in [0, 0.05) is 36.8 Å². The van der Waals surface area contributed by atoms with Crippen LogP contribution in [0.4, 0.5) is 5.95 Å². The van der Waals surface area contributed by atoms with E-state index in [2.05, 4.69) is 22.9 Å². The molecule has 2 aromatic rings. The second kappa shape index (κ2) is 7.29. The quantitative estimate of drug-likeness (QED) is 0.773. The predicted molar refractivity (Wildman–Crippen MR) is 102 cm³/mol. The number of aromatic nitrogens is 2. The van der Waals surface area contributed by atoms with E-state index >= 15 is 0 Å². The molecule has 1 unspecified atom stereocenters. The van der Waals surface area contributed by atoms with Crippen LogP contribution in [0.5, 0.6) is 0 Å². The van der Waals surface area contributed by atoms with Crippen molar-refractivity contribution in [1.29, 1.82) is 0 Å². The van der Waals surface area contributed by atoms with Crippen molar-refractivity contribution in [1.82, 2.24) is 20.2 Å². The van der Waals surface area contributed by atoms with Crippen molar-refractivity contribution in [2.24, 2.45) is 0 Å². The summed E-state index contributed by atoms with van der Waals surface area (Å²) in [6, 6.07) is 7.34. The van der Waals surface area contributed by atoms with Gasteiger partial charge in [0.25, 0.3) is 11.5 Å². The molecule has 1 aliphatic rings. The number of nitrogens with zero attached hydrogens (tertiary/aromatic N) is 2. The van der Waals surface area contributed by atoms with Gasteiger partial charge in [0.15, 0.2) is 0 Å². The first-order valence-electron chi connectivity index (χ1n) is 8.88. The van der Waals surface area contributed by atoms with Crippen LogP contribution in [0.3, 0.4) is 0 Å². The highest BCUT2D eigenvalue weighted by molar-refractivity contribution is 5.94. The summed E-state index contributed by atoms with van der Waals surface area (Å²) < 4.78 is 1.60. The summed E-state index contributed by atoms with van der Waals surface area (Å²) in [5.74, 6) is 0.362. The lowest BCUT2D eigenvalue weighted by atomic mass is 10.0. The Morgan fingerprint density at radius 3 is 2.62 bits per heavy atom. The molecule has 1 aliphatic heterocycles. The Labute approximate surface area is 152 Å². The van der Waals surface area contributed by atoms with Crippen LogP contribution in [-0.4, -0.2) is 34.6 Å². The lowest BCUT2D eigenvalue weighted by Crippen LogP contribution is -2.40. The number of hydrogen-bond donors (Lipinski definition) is 3. The molecule has 0 spiro atoms. The smallest absolute Gasteiger partial charge is 0.263 e. The standard InChI is InChI=1S/C19H25N5O2/c1-11(2)22-19-23-16-10-21-12(3)9-15(16)18(26)24(19)14-7-5-13(6-8-14)17(25)20-4/h5-8,11-12,21H,9-10H2,1-4H3,(H,20,25)(H,22,23). The van der Waals surface area contributed by atoms with Crippen molar-refractivity contribution in [2.75, 3.05) is 12.4 Å². The lowest BCUT2D eigenvalue weighted by Gasteiger charge is -2.25. The SMILES string of the molecule is CNC(=O)c1ccc(-n2c(NC(C)C)nc3c(c2=O)CC(C)NC3)cc1. The minimum Gasteiger partial charge on any atom is -0.355 e. The lowest BCUT2D eigenvalue weighted by molar-refractivity contribution is 0.0963. The molecular formula is C19H25N5O2. The Hall–Kier alpha value is -2.67. The molecule has 0 aliphatic carbocycles. The molecule has 1 aromatic heterocycles. The maximum absolute atomic E-state index is 13.2. The molecule has 3 N–H and O–H groups in total. The zero-order valence-electron chi connectivity index (χ0n) is 15.6. The monoisotopic (exact) mass is 355 g/mol. The Kier molecular flexibility index (Phi) is 5.08. The predicted octanol–water partition coefficient (Wildman–Crippen LogP) is 1.45. The zero-order valence-corrected chi connectivity index (χ0v) is 15.6. The first-order valence-corrected chi connectivity index (χ1v) is 8.88. The Bertz CT molecular complexity index is 871. The highest BCUT2D eigenvalue weighted by Crippen LogP contribution is 2.19. The summed E-state index contributed by atoms with van der Waals surface area (Å²) in [6.07, 6.45) is 0.652. The summed E-state index contributed by atoms with van der Waals surface area (Å²) in [6.45, 7) is 6.66. The summed E-state index contributed by atoms with van der Waals surface area (Å²) in [5.41, 5.74) is 2.73. The van der Waals surface area contributed by atoms with Crippen LogP contribution < -0.4 is 21.5 Å². The molecule has 0 radical (unpaired) electrons. The van der Waals surface area contributed by atoms with E-state index in [4.69, 9.17) is 4.98 Å². The van der Waals surface area contributed by atoms with Gasteiger partial charge in [-0.15, -0.1) is 0 Å². The molecular weight excluding hydrogens is 330 g/mol. The topological polar surface area (TPSA) is 88.1 Å². The first kappa shape index (κ1) is 18.1. The first-order chi connectivity index (χ1) is 12.4. The van der Waals surface area contributed by atoms with Crippen molar-refractivity contribution in [3.05, 3.63) is 51.4 Å². The Morgan fingerprint density at radius 1 is 1.31 bits per heavy atom. The normalized spacial score (nSPS) is 16.3. The highest BCUT2D eigenvalue weighted by Gasteiger charge is 2.23. The molecule has 3 rings (SSSR count). The average Bonchev–Trinajstić information content (AvgIpc) is 2.62. The molecule has 0 saturated heterocycles.